The lowest BCUT2D eigenvalue weighted by molar-refractivity contribution is -0.112. The molecule has 0 radical (unpaired) electrons. The van der Waals surface area contributed by atoms with Crippen LogP contribution < -0.4 is 10.2 Å². The Morgan fingerprint density at radius 1 is 1.19 bits per heavy atom. The number of Topliss-reactive ketones (excluding diaryl/α,β-unsaturated/α-hetero) is 1. The average Bonchev–Trinajstić information content (AvgIpc) is 2.66. The molecule has 0 saturated heterocycles. The Morgan fingerprint density at radius 2 is 2.00 bits per heavy atom. The van der Waals surface area contributed by atoms with Crippen molar-refractivity contribution in [3.05, 3.63) is 71.4 Å². The standard InChI is InChI=1S/C21H19N3O2/c1-15(25)17-7-4-9-19(12-17)23-21(26)18(13-22)14-24-11-5-8-16-6-2-3-10-20(16)24/h2-4,6-7,9-10,12,14H,5,8,11H2,1H3,(H,23,26)/b18-14-. The third kappa shape index (κ3) is 3.81. The normalized spacial score (nSPS) is 13.5. The second kappa shape index (κ2) is 7.66. The van der Waals surface area contributed by atoms with Gasteiger partial charge in [0, 0.05) is 29.7 Å². The van der Waals surface area contributed by atoms with Gasteiger partial charge in [-0.25, -0.2) is 0 Å². The topological polar surface area (TPSA) is 73.2 Å². The summed E-state index contributed by atoms with van der Waals surface area (Å²) in [5, 5.41) is 12.1. The van der Waals surface area contributed by atoms with Gasteiger partial charge in [-0.1, -0.05) is 30.3 Å². The number of amides is 1. The van der Waals surface area contributed by atoms with E-state index in [1.807, 2.05) is 29.2 Å². The Kier molecular flexibility index (Phi) is 5.14. The summed E-state index contributed by atoms with van der Waals surface area (Å²) >= 11 is 0. The van der Waals surface area contributed by atoms with Crippen molar-refractivity contribution < 1.29 is 9.59 Å². The summed E-state index contributed by atoms with van der Waals surface area (Å²) in [4.78, 5) is 25.9. The number of benzene rings is 2. The predicted octanol–water partition coefficient (Wildman–Crippen LogP) is 3.69. The van der Waals surface area contributed by atoms with Gasteiger partial charge in [-0.15, -0.1) is 0 Å². The molecular formula is C21H19N3O2. The molecule has 0 aromatic heterocycles. The van der Waals surface area contributed by atoms with Crippen molar-refractivity contribution in [2.75, 3.05) is 16.8 Å². The molecule has 0 spiro atoms. The summed E-state index contributed by atoms with van der Waals surface area (Å²) in [5.74, 6) is -0.571. The molecule has 5 heteroatoms. The fourth-order valence-electron chi connectivity index (χ4n) is 3.01. The number of ketones is 1. The monoisotopic (exact) mass is 345 g/mol. The van der Waals surface area contributed by atoms with Gasteiger partial charge in [0.2, 0.25) is 0 Å². The van der Waals surface area contributed by atoms with Crippen LogP contribution in [0.2, 0.25) is 0 Å². The van der Waals surface area contributed by atoms with Crippen LogP contribution in [0, 0.1) is 11.3 Å². The lowest BCUT2D eigenvalue weighted by atomic mass is 10.0. The number of rotatable bonds is 4. The minimum absolute atomic E-state index is 0.0231. The van der Waals surface area contributed by atoms with Crippen LogP contribution >= 0.6 is 0 Å². The van der Waals surface area contributed by atoms with Gasteiger partial charge in [-0.2, -0.15) is 5.26 Å². The zero-order chi connectivity index (χ0) is 18.5. The average molecular weight is 345 g/mol. The van der Waals surface area contributed by atoms with E-state index in [0.717, 1.165) is 25.1 Å². The molecule has 0 fully saturated rings. The van der Waals surface area contributed by atoms with Crippen molar-refractivity contribution >= 4 is 23.1 Å². The molecule has 3 rings (SSSR count). The fraction of sp³-hybridized carbons (Fsp3) is 0.190. The van der Waals surface area contributed by atoms with Gasteiger partial charge in [-0.05, 0) is 43.5 Å². The van der Waals surface area contributed by atoms with E-state index in [9.17, 15) is 14.9 Å². The quantitative estimate of drug-likeness (QED) is 0.521. The first-order chi connectivity index (χ1) is 12.6. The van der Waals surface area contributed by atoms with E-state index in [2.05, 4.69) is 11.4 Å². The molecular weight excluding hydrogens is 326 g/mol. The highest BCUT2D eigenvalue weighted by atomic mass is 16.1. The van der Waals surface area contributed by atoms with Gasteiger partial charge in [0.15, 0.2) is 5.78 Å². The van der Waals surface area contributed by atoms with Gasteiger partial charge in [0.1, 0.15) is 11.6 Å². The van der Waals surface area contributed by atoms with E-state index < -0.39 is 5.91 Å². The number of carbonyl (C=O) groups excluding carboxylic acids is 2. The van der Waals surface area contributed by atoms with Crippen molar-refractivity contribution in [1.29, 1.82) is 5.26 Å². The van der Waals surface area contributed by atoms with Crippen molar-refractivity contribution in [1.82, 2.24) is 0 Å². The van der Waals surface area contributed by atoms with Crippen LogP contribution in [0.15, 0.2) is 60.3 Å². The summed E-state index contributed by atoms with van der Waals surface area (Å²) in [7, 11) is 0. The molecule has 5 nitrogen and oxygen atoms in total. The van der Waals surface area contributed by atoms with Crippen LogP contribution in [0.5, 0.6) is 0 Å². The molecule has 0 saturated carbocycles. The second-order valence-electron chi connectivity index (χ2n) is 6.17. The molecule has 1 aliphatic heterocycles. The number of fused-ring (bicyclic) bond motifs is 1. The molecule has 0 unspecified atom stereocenters. The molecule has 0 atom stereocenters. The van der Waals surface area contributed by atoms with E-state index in [-0.39, 0.29) is 11.4 Å². The van der Waals surface area contributed by atoms with E-state index in [1.54, 1.807) is 30.5 Å². The fourth-order valence-corrected chi connectivity index (χ4v) is 3.01. The molecule has 1 heterocycles. The minimum atomic E-state index is -0.490. The Balaban J connectivity index is 1.82. The van der Waals surface area contributed by atoms with Crippen LogP contribution in [-0.2, 0) is 11.2 Å². The molecule has 0 aliphatic carbocycles. The second-order valence-corrected chi connectivity index (χ2v) is 6.17. The molecule has 1 N–H and O–H groups in total. The lowest BCUT2D eigenvalue weighted by Crippen LogP contribution is -2.26. The van der Waals surface area contributed by atoms with Crippen LogP contribution in [-0.4, -0.2) is 18.2 Å². The summed E-state index contributed by atoms with van der Waals surface area (Å²) in [5.41, 5.74) is 3.26. The third-order valence-corrected chi connectivity index (χ3v) is 4.32. The van der Waals surface area contributed by atoms with Crippen LogP contribution in [0.25, 0.3) is 0 Å². The van der Waals surface area contributed by atoms with Gasteiger partial charge in [-0.3, -0.25) is 9.59 Å². The van der Waals surface area contributed by atoms with Crippen molar-refractivity contribution in [2.24, 2.45) is 0 Å². The van der Waals surface area contributed by atoms with Gasteiger partial charge in [0.05, 0.1) is 0 Å². The van der Waals surface area contributed by atoms with E-state index in [0.29, 0.717) is 11.3 Å². The van der Waals surface area contributed by atoms with Gasteiger partial charge >= 0.3 is 0 Å². The van der Waals surface area contributed by atoms with Gasteiger partial charge in [0.25, 0.3) is 5.91 Å². The maximum Gasteiger partial charge on any atom is 0.267 e. The Bertz CT molecular complexity index is 925. The molecule has 26 heavy (non-hydrogen) atoms. The first-order valence-corrected chi connectivity index (χ1v) is 8.47. The Morgan fingerprint density at radius 3 is 2.77 bits per heavy atom. The number of carbonyl (C=O) groups is 2. The highest BCUT2D eigenvalue weighted by Gasteiger charge is 2.18. The minimum Gasteiger partial charge on any atom is -0.346 e. The van der Waals surface area contributed by atoms with Crippen LogP contribution in [0.4, 0.5) is 11.4 Å². The smallest absolute Gasteiger partial charge is 0.267 e. The number of nitriles is 1. The number of anilines is 2. The number of aryl methyl sites for hydroxylation is 1. The number of para-hydroxylation sites is 1. The first kappa shape index (κ1) is 17.4. The summed E-state index contributed by atoms with van der Waals surface area (Å²) in [6.07, 6.45) is 3.56. The van der Waals surface area contributed by atoms with E-state index in [4.69, 9.17) is 0 Å². The van der Waals surface area contributed by atoms with Crippen LogP contribution in [0.1, 0.15) is 29.3 Å². The van der Waals surface area contributed by atoms with Crippen molar-refractivity contribution in [3.8, 4) is 6.07 Å². The van der Waals surface area contributed by atoms with E-state index in [1.165, 1.54) is 12.5 Å². The number of hydrogen-bond donors (Lipinski definition) is 1. The summed E-state index contributed by atoms with van der Waals surface area (Å²) in [6.45, 7) is 2.23. The Hall–Kier alpha value is -3.39. The largest absolute Gasteiger partial charge is 0.346 e. The summed E-state index contributed by atoms with van der Waals surface area (Å²) < 4.78 is 0. The zero-order valence-electron chi connectivity index (χ0n) is 14.5. The highest BCUT2D eigenvalue weighted by molar-refractivity contribution is 6.07. The number of nitrogens with one attached hydrogen (secondary N) is 1. The number of hydrogen-bond acceptors (Lipinski definition) is 4. The van der Waals surface area contributed by atoms with Gasteiger partial charge < -0.3 is 10.2 Å². The van der Waals surface area contributed by atoms with Crippen LogP contribution in [0.3, 0.4) is 0 Å². The molecule has 130 valence electrons. The molecule has 1 aliphatic rings. The summed E-state index contributed by atoms with van der Waals surface area (Å²) in [6, 6.07) is 16.7. The van der Waals surface area contributed by atoms with Crippen molar-refractivity contribution in [2.45, 2.75) is 19.8 Å². The SMILES string of the molecule is CC(=O)c1cccc(NC(=O)/C(C#N)=C\N2CCCc3ccccc32)c1. The highest BCUT2D eigenvalue weighted by Crippen LogP contribution is 2.27. The first-order valence-electron chi connectivity index (χ1n) is 8.47. The maximum absolute atomic E-state index is 12.5. The molecule has 2 aromatic rings. The lowest BCUT2D eigenvalue weighted by Gasteiger charge is -2.28. The Labute approximate surface area is 152 Å². The van der Waals surface area contributed by atoms with E-state index >= 15 is 0 Å². The number of nitrogens with zero attached hydrogens (tertiary/aromatic N) is 2. The van der Waals surface area contributed by atoms with Crippen molar-refractivity contribution in [3.63, 3.8) is 0 Å². The predicted molar refractivity (Wildman–Crippen MR) is 101 cm³/mol. The molecule has 1 amide bonds. The maximum atomic E-state index is 12.5. The third-order valence-electron chi connectivity index (χ3n) is 4.32. The molecule has 2 aromatic carbocycles. The zero-order valence-corrected chi connectivity index (χ0v) is 14.5. The molecule has 0 bridgehead atoms.